The number of hydrogen-bond donors (Lipinski definition) is 0. The highest BCUT2D eigenvalue weighted by Gasteiger charge is 2.21. The predicted molar refractivity (Wildman–Crippen MR) is 63.4 cm³/mol. The van der Waals surface area contributed by atoms with E-state index in [0.717, 1.165) is 5.56 Å². The van der Waals surface area contributed by atoms with Crippen molar-refractivity contribution in [2.24, 2.45) is 0 Å². The highest BCUT2D eigenvalue weighted by atomic mass is 35.5. The Balaban J connectivity index is 2.35. The Labute approximate surface area is 99.4 Å². The van der Waals surface area contributed by atoms with Crippen LogP contribution in [0.15, 0.2) is 28.8 Å². The van der Waals surface area contributed by atoms with Crippen molar-refractivity contribution in [1.29, 1.82) is 0 Å². The van der Waals surface area contributed by atoms with E-state index in [1.54, 1.807) is 0 Å². The largest absolute Gasteiger partial charge is 0.338 e. The van der Waals surface area contributed by atoms with Crippen molar-refractivity contribution >= 4 is 11.6 Å². The van der Waals surface area contributed by atoms with Crippen LogP contribution in [0.3, 0.4) is 0 Å². The molecule has 4 heteroatoms. The van der Waals surface area contributed by atoms with Crippen molar-refractivity contribution in [3.8, 4) is 11.4 Å². The van der Waals surface area contributed by atoms with Gasteiger partial charge in [-0.1, -0.05) is 37.5 Å². The van der Waals surface area contributed by atoms with Crippen LogP contribution in [0.4, 0.5) is 0 Å². The number of rotatable bonds is 1. The molecule has 16 heavy (non-hydrogen) atoms. The average Bonchev–Trinajstić information content (AvgIpc) is 2.67. The lowest BCUT2D eigenvalue weighted by molar-refractivity contribution is 0.321. The molecule has 0 amide bonds. The molecule has 1 heterocycles. The predicted octanol–water partition coefficient (Wildman–Crippen LogP) is 3.69. The molecular formula is C12H13ClN2O. The van der Waals surface area contributed by atoms with Gasteiger partial charge in [0.25, 0.3) is 0 Å². The third kappa shape index (κ3) is 2.25. The normalized spacial score (nSPS) is 11.8. The molecule has 3 nitrogen and oxygen atoms in total. The van der Waals surface area contributed by atoms with E-state index in [-0.39, 0.29) is 5.41 Å². The molecule has 1 aromatic heterocycles. The summed E-state index contributed by atoms with van der Waals surface area (Å²) in [7, 11) is 0. The Morgan fingerprint density at radius 1 is 1.12 bits per heavy atom. The molecule has 0 radical (unpaired) electrons. The molecule has 0 aliphatic carbocycles. The number of nitrogens with zero attached hydrogens (tertiary/aromatic N) is 2. The van der Waals surface area contributed by atoms with Crippen molar-refractivity contribution in [2.45, 2.75) is 26.2 Å². The lowest BCUT2D eigenvalue weighted by Gasteiger charge is -2.10. The third-order valence-corrected chi connectivity index (χ3v) is 2.42. The van der Waals surface area contributed by atoms with Crippen LogP contribution in [-0.4, -0.2) is 10.1 Å². The van der Waals surface area contributed by atoms with E-state index in [1.165, 1.54) is 0 Å². The Morgan fingerprint density at radius 3 is 2.25 bits per heavy atom. The van der Waals surface area contributed by atoms with Gasteiger partial charge in [0, 0.05) is 16.0 Å². The topological polar surface area (TPSA) is 38.9 Å². The third-order valence-electron chi connectivity index (χ3n) is 2.17. The standard InChI is InChI=1S/C12H13ClN2O/c1-12(2,3)11-14-10(15-16-11)8-4-6-9(13)7-5-8/h4-7H,1-3H3. The van der Waals surface area contributed by atoms with Gasteiger partial charge in [0.15, 0.2) is 0 Å². The first-order chi connectivity index (χ1) is 7.47. The zero-order valence-electron chi connectivity index (χ0n) is 9.49. The summed E-state index contributed by atoms with van der Waals surface area (Å²) in [5, 5.41) is 4.65. The van der Waals surface area contributed by atoms with E-state index in [4.69, 9.17) is 16.1 Å². The van der Waals surface area contributed by atoms with Crippen LogP contribution in [0.2, 0.25) is 5.02 Å². The molecule has 0 bridgehead atoms. The van der Waals surface area contributed by atoms with Gasteiger partial charge in [-0.2, -0.15) is 4.98 Å². The van der Waals surface area contributed by atoms with E-state index in [9.17, 15) is 0 Å². The monoisotopic (exact) mass is 236 g/mol. The highest BCUT2D eigenvalue weighted by Crippen LogP contribution is 2.24. The molecule has 0 spiro atoms. The smallest absolute Gasteiger partial charge is 0.232 e. The maximum atomic E-state index is 5.81. The zero-order valence-corrected chi connectivity index (χ0v) is 10.2. The van der Waals surface area contributed by atoms with Gasteiger partial charge in [-0.15, -0.1) is 0 Å². The first kappa shape index (κ1) is 11.1. The van der Waals surface area contributed by atoms with Gasteiger partial charge in [0.1, 0.15) is 0 Å². The van der Waals surface area contributed by atoms with Crippen LogP contribution in [-0.2, 0) is 5.41 Å². The zero-order chi connectivity index (χ0) is 11.8. The van der Waals surface area contributed by atoms with Gasteiger partial charge in [0.2, 0.25) is 11.7 Å². The molecule has 0 unspecified atom stereocenters. The number of hydrogen-bond acceptors (Lipinski definition) is 3. The number of halogens is 1. The van der Waals surface area contributed by atoms with Crippen LogP contribution in [0.5, 0.6) is 0 Å². The second-order valence-electron chi connectivity index (χ2n) is 4.68. The average molecular weight is 237 g/mol. The summed E-state index contributed by atoms with van der Waals surface area (Å²) in [6, 6.07) is 7.37. The minimum Gasteiger partial charge on any atom is -0.338 e. The van der Waals surface area contributed by atoms with E-state index in [0.29, 0.717) is 16.7 Å². The van der Waals surface area contributed by atoms with Crippen molar-refractivity contribution < 1.29 is 4.52 Å². The van der Waals surface area contributed by atoms with E-state index in [2.05, 4.69) is 10.1 Å². The molecule has 0 aliphatic heterocycles. The SMILES string of the molecule is CC(C)(C)c1nc(-c2ccc(Cl)cc2)no1. The van der Waals surface area contributed by atoms with Gasteiger partial charge in [-0.05, 0) is 24.3 Å². The van der Waals surface area contributed by atoms with Gasteiger partial charge in [-0.25, -0.2) is 0 Å². The van der Waals surface area contributed by atoms with Crippen LogP contribution >= 0.6 is 11.6 Å². The molecule has 1 aromatic carbocycles. The molecule has 2 aromatic rings. The first-order valence-corrected chi connectivity index (χ1v) is 5.45. The fourth-order valence-corrected chi connectivity index (χ4v) is 1.37. The fourth-order valence-electron chi connectivity index (χ4n) is 1.24. The summed E-state index contributed by atoms with van der Waals surface area (Å²) in [6.07, 6.45) is 0. The quantitative estimate of drug-likeness (QED) is 0.758. The second kappa shape index (κ2) is 3.91. The number of benzene rings is 1. The van der Waals surface area contributed by atoms with Crippen molar-refractivity contribution in [3.63, 3.8) is 0 Å². The van der Waals surface area contributed by atoms with Crippen LogP contribution in [0, 0.1) is 0 Å². The second-order valence-corrected chi connectivity index (χ2v) is 5.12. The molecular weight excluding hydrogens is 224 g/mol. The fraction of sp³-hybridized carbons (Fsp3) is 0.333. The molecule has 84 valence electrons. The maximum absolute atomic E-state index is 5.81. The minimum absolute atomic E-state index is 0.127. The van der Waals surface area contributed by atoms with Gasteiger partial charge < -0.3 is 4.52 Å². The van der Waals surface area contributed by atoms with Gasteiger partial charge >= 0.3 is 0 Å². The molecule has 0 saturated heterocycles. The summed E-state index contributed by atoms with van der Waals surface area (Å²) in [6.45, 7) is 6.10. The number of aromatic nitrogens is 2. The lowest BCUT2D eigenvalue weighted by atomic mass is 9.97. The lowest BCUT2D eigenvalue weighted by Crippen LogP contribution is -2.11. The Bertz CT molecular complexity index is 482. The minimum atomic E-state index is -0.127. The van der Waals surface area contributed by atoms with Crippen molar-refractivity contribution in [2.75, 3.05) is 0 Å². The Hall–Kier alpha value is -1.35. The summed E-state index contributed by atoms with van der Waals surface area (Å²) < 4.78 is 5.22. The summed E-state index contributed by atoms with van der Waals surface area (Å²) >= 11 is 5.81. The van der Waals surface area contributed by atoms with Crippen LogP contribution in [0.1, 0.15) is 26.7 Å². The van der Waals surface area contributed by atoms with Gasteiger partial charge in [0.05, 0.1) is 0 Å². The first-order valence-electron chi connectivity index (χ1n) is 5.07. The molecule has 0 fully saturated rings. The molecule has 0 saturated carbocycles. The van der Waals surface area contributed by atoms with Crippen LogP contribution in [0.25, 0.3) is 11.4 Å². The Morgan fingerprint density at radius 2 is 1.75 bits per heavy atom. The molecule has 0 N–H and O–H groups in total. The summed E-state index contributed by atoms with van der Waals surface area (Å²) in [4.78, 5) is 4.36. The van der Waals surface area contributed by atoms with E-state index in [1.807, 2.05) is 45.0 Å². The van der Waals surface area contributed by atoms with Crippen LogP contribution < -0.4 is 0 Å². The Kier molecular flexibility index (Phi) is 2.72. The van der Waals surface area contributed by atoms with E-state index < -0.39 is 0 Å². The molecule has 0 aliphatic rings. The van der Waals surface area contributed by atoms with Crippen molar-refractivity contribution in [3.05, 3.63) is 35.2 Å². The molecule has 2 rings (SSSR count). The summed E-state index contributed by atoms with van der Waals surface area (Å²) in [5.41, 5.74) is 0.779. The molecule has 0 atom stereocenters. The summed E-state index contributed by atoms with van der Waals surface area (Å²) in [5.74, 6) is 1.24. The highest BCUT2D eigenvalue weighted by molar-refractivity contribution is 6.30. The maximum Gasteiger partial charge on any atom is 0.232 e. The van der Waals surface area contributed by atoms with E-state index >= 15 is 0 Å². The van der Waals surface area contributed by atoms with Crippen molar-refractivity contribution in [1.82, 2.24) is 10.1 Å². The van der Waals surface area contributed by atoms with Gasteiger partial charge in [-0.3, -0.25) is 0 Å².